The Bertz CT molecular complexity index is 678. The van der Waals surface area contributed by atoms with Gasteiger partial charge in [0.1, 0.15) is 0 Å². The van der Waals surface area contributed by atoms with Crippen molar-refractivity contribution in [3.8, 4) is 0 Å². The molecule has 0 spiro atoms. The minimum atomic E-state index is -5.72. The number of hydrogen-bond donors (Lipinski definition) is 0. The van der Waals surface area contributed by atoms with E-state index in [2.05, 4.69) is 4.94 Å². The van der Waals surface area contributed by atoms with E-state index < -0.39 is 24.5 Å². The van der Waals surface area contributed by atoms with Gasteiger partial charge in [0.25, 0.3) is 0 Å². The fourth-order valence-electron chi connectivity index (χ4n) is 2.18. The highest BCUT2D eigenvalue weighted by atomic mass is 19.4. The molecule has 0 radical (unpaired) electrons. The average Bonchev–Trinajstić information content (AvgIpc) is 2.59. The fourth-order valence-corrected chi connectivity index (χ4v) is 2.18. The molecule has 0 saturated carbocycles. The Morgan fingerprint density at radius 1 is 0.917 bits per heavy atom. The molecule has 8 heteroatoms. The highest BCUT2D eigenvalue weighted by Gasteiger charge is 2.68. The summed E-state index contributed by atoms with van der Waals surface area (Å²) >= 11 is 0. The number of rotatable bonds is 5. The molecule has 0 heterocycles. The molecule has 1 atom stereocenters. The Labute approximate surface area is 134 Å². The van der Waals surface area contributed by atoms with Crippen molar-refractivity contribution in [2.45, 2.75) is 18.5 Å². The normalized spacial score (nSPS) is 13.9. The van der Waals surface area contributed by atoms with Crippen LogP contribution in [0.1, 0.15) is 5.56 Å². The van der Waals surface area contributed by atoms with Crippen molar-refractivity contribution in [1.82, 2.24) is 0 Å². The van der Waals surface area contributed by atoms with Crippen LogP contribution in [0.25, 0.3) is 0 Å². The number of benzene rings is 2. The van der Waals surface area contributed by atoms with Gasteiger partial charge >= 0.3 is 17.9 Å². The Morgan fingerprint density at radius 3 is 1.88 bits per heavy atom. The monoisotopic (exact) mass is 345 g/mol. The van der Waals surface area contributed by atoms with Gasteiger partial charge in [-0.25, -0.2) is 9.74 Å². The molecule has 0 bridgehead atoms. The van der Waals surface area contributed by atoms with Crippen molar-refractivity contribution >= 4 is 11.7 Å². The van der Waals surface area contributed by atoms with Crippen LogP contribution in [-0.4, -0.2) is 17.9 Å². The van der Waals surface area contributed by atoms with Gasteiger partial charge < -0.3 is 4.90 Å². The topological polar surface area (TPSA) is 29.5 Å². The van der Waals surface area contributed by atoms with Crippen LogP contribution in [0, 0.1) is 0 Å². The predicted molar refractivity (Wildman–Crippen MR) is 76.2 cm³/mol. The highest BCUT2D eigenvalue weighted by molar-refractivity contribution is 5.84. The van der Waals surface area contributed by atoms with E-state index in [0.717, 1.165) is 0 Å². The maximum absolute atomic E-state index is 14.8. The van der Waals surface area contributed by atoms with Crippen LogP contribution in [0.4, 0.5) is 27.8 Å². The zero-order valence-corrected chi connectivity index (χ0v) is 12.1. The smallest absolute Gasteiger partial charge is 0.318 e. The molecule has 0 fully saturated rings. The van der Waals surface area contributed by atoms with Crippen molar-refractivity contribution in [1.29, 1.82) is 0 Å². The molecular weight excluding hydrogens is 333 g/mol. The molecule has 2 aromatic rings. The van der Waals surface area contributed by atoms with Gasteiger partial charge in [0.15, 0.2) is 0 Å². The number of para-hydroxylation sites is 1. The van der Waals surface area contributed by atoms with Gasteiger partial charge in [-0.05, 0) is 17.7 Å². The predicted octanol–water partition coefficient (Wildman–Crippen LogP) is 4.35. The lowest BCUT2D eigenvalue weighted by molar-refractivity contribution is -0.257. The number of halogens is 5. The van der Waals surface area contributed by atoms with Crippen LogP contribution in [0.5, 0.6) is 0 Å². The third kappa shape index (κ3) is 3.32. The number of alkyl halides is 4. The molecule has 0 aliphatic rings. The van der Waals surface area contributed by atoms with E-state index in [9.17, 15) is 26.9 Å². The second kappa shape index (κ2) is 6.86. The van der Waals surface area contributed by atoms with Crippen molar-refractivity contribution in [3.63, 3.8) is 0 Å². The molecule has 0 saturated heterocycles. The molecule has 0 amide bonds. The first-order chi connectivity index (χ1) is 11.3. The molecule has 3 nitrogen and oxygen atoms in total. The molecule has 0 N–H and O–H groups in total. The SMILES string of the molecule is O=C(OF)[C@@](F)(N(Cc1ccccc1)c1ccccc1)C(F)(F)F. The summed E-state index contributed by atoms with van der Waals surface area (Å²) in [4.78, 5) is 14.1. The Morgan fingerprint density at radius 2 is 1.42 bits per heavy atom. The first kappa shape index (κ1) is 17.7. The van der Waals surface area contributed by atoms with E-state index in [0.29, 0.717) is 5.56 Å². The number of hydrogen-bond acceptors (Lipinski definition) is 3. The summed E-state index contributed by atoms with van der Waals surface area (Å²) in [5, 5.41) is 0. The summed E-state index contributed by atoms with van der Waals surface area (Å²) in [6, 6.07) is 14.2. The van der Waals surface area contributed by atoms with Gasteiger partial charge in [0.05, 0.1) is 0 Å². The summed E-state index contributed by atoms with van der Waals surface area (Å²) in [6.45, 7) is -0.629. The molecular formula is C16H12F5NO2. The van der Waals surface area contributed by atoms with Gasteiger partial charge in [-0.1, -0.05) is 48.5 Å². The lowest BCUT2D eigenvalue weighted by atomic mass is 10.1. The van der Waals surface area contributed by atoms with Gasteiger partial charge in [-0.15, -0.1) is 0 Å². The molecule has 2 aromatic carbocycles. The standard InChI is InChI=1S/C16H12F5NO2/c17-15(14(23)24-21,16(18,19)20)22(13-9-5-2-6-10-13)11-12-7-3-1-4-8-12/h1-10H,11H2/t15-/m1/s1. The van der Waals surface area contributed by atoms with Crippen LogP contribution in [0.2, 0.25) is 0 Å². The first-order valence-corrected chi connectivity index (χ1v) is 6.76. The summed E-state index contributed by atoms with van der Waals surface area (Å²) in [5.74, 6) is -7.37. The van der Waals surface area contributed by atoms with Crippen LogP contribution in [-0.2, 0) is 16.3 Å². The third-order valence-electron chi connectivity index (χ3n) is 3.34. The number of carbonyl (C=O) groups excluding carboxylic acids is 1. The van der Waals surface area contributed by atoms with Crippen LogP contribution >= 0.6 is 0 Å². The van der Waals surface area contributed by atoms with Crippen LogP contribution < -0.4 is 4.90 Å². The van der Waals surface area contributed by atoms with Gasteiger partial charge in [0.2, 0.25) is 0 Å². The lowest BCUT2D eigenvalue weighted by Gasteiger charge is -2.37. The summed E-state index contributed by atoms with van der Waals surface area (Å²) in [6.07, 6.45) is -5.72. The van der Waals surface area contributed by atoms with E-state index in [1.807, 2.05) is 0 Å². The molecule has 2 rings (SSSR count). The van der Waals surface area contributed by atoms with E-state index in [1.54, 1.807) is 18.2 Å². The number of anilines is 1. The maximum Gasteiger partial charge on any atom is 0.454 e. The van der Waals surface area contributed by atoms with E-state index in [1.165, 1.54) is 42.5 Å². The second-order valence-electron chi connectivity index (χ2n) is 4.89. The summed E-state index contributed by atoms with van der Waals surface area (Å²) in [7, 11) is 0. The molecule has 0 aromatic heterocycles. The Hall–Kier alpha value is -2.64. The van der Waals surface area contributed by atoms with Crippen molar-refractivity contribution in [2.75, 3.05) is 4.90 Å². The lowest BCUT2D eigenvalue weighted by Crippen LogP contribution is -2.61. The minimum Gasteiger partial charge on any atom is -0.318 e. The Balaban J connectivity index is 2.57. The van der Waals surface area contributed by atoms with E-state index in [4.69, 9.17) is 0 Å². The zero-order chi connectivity index (χ0) is 17.8. The van der Waals surface area contributed by atoms with Crippen LogP contribution in [0.3, 0.4) is 0 Å². The molecule has 0 aliphatic heterocycles. The summed E-state index contributed by atoms with van der Waals surface area (Å²) < 4.78 is 66.9. The fraction of sp³-hybridized carbons (Fsp3) is 0.188. The molecule has 0 aliphatic carbocycles. The van der Waals surface area contributed by atoms with Crippen molar-refractivity contribution in [2.24, 2.45) is 0 Å². The third-order valence-corrected chi connectivity index (χ3v) is 3.34. The van der Waals surface area contributed by atoms with Crippen LogP contribution in [0.15, 0.2) is 60.7 Å². The van der Waals surface area contributed by atoms with Gasteiger partial charge in [-0.2, -0.15) is 17.6 Å². The highest BCUT2D eigenvalue weighted by Crippen LogP contribution is 2.41. The quantitative estimate of drug-likeness (QED) is 0.596. The van der Waals surface area contributed by atoms with Gasteiger partial charge in [0, 0.05) is 16.8 Å². The molecule has 128 valence electrons. The first-order valence-electron chi connectivity index (χ1n) is 6.76. The zero-order valence-electron chi connectivity index (χ0n) is 12.1. The number of carbonyl (C=O) groups is 1. The molecule has 24 heavy (non-hydrogen) atoms. The minimum absolute atomic E-state index is 0.115. The molecule has 0 unspecified atom stereocenters. The average molecular weight is 345 g/mol. The maximum atomic E-state index is 14.8. The largest absolute Gasteiger partial charge is 0.454 e. The van der Waals surface area contributed by atoms with E-state index in [-0.39, 0.29) is 10.6 Å². The van der Waals surface area contributed by atoms with Crippen molar-refractivity contribution in [3.05, 3.63) is 66.2 Å². The van der Waals surface area contributed by atoms with Gasteiger partial charge in [-0.3, -0.25) is 0 Å². The summed E-state index contributed by atoms with van der Waals surface area (Å²) in [5.41, 5.74) is 0.0332. The number of nitrogens with zero attached hydrogens (tertiary/aromatic N) is 1. The Kier molecular flexibility index (Phi) is 5.06. The second-order valence-corrected chi connectivity index (χ2v) is 4.89. The van der Waals surface area contributed by atoms with Crippen molar-refractivity contribution < 1.29 is 31.8 Å². The van der Waals surface area contributed by atoms with E-state index >= 15 is 0 Å².